The first kappa shape index (κ1) is 27.7. The second-order valence-corrected chi connectivity index (χ2v) is 8.28. The summed E-state index contributed by atoms with van der Waals surface area (Å²) in [5.41, 5.74) is 1.98. The van der Waals surface area contributed by atoms with E-state index in [9.17, 15) is 24.3 Å². The van der Waals surface area contributed by atoms with Gasteiger partial charge in [0.15, 0.2) is 0 Å². The number of carboxylic acid groups (broad SMARTS) is 1. The Hall–Kier alpha value is -4.86. The molecule has 10 heteroatoms. The van der Waals surface area contributed by atoms with E-state index in [1.165, 1.54) is 50.6 Å². The van der Waals surface area contributed by atoms with Crippen molar-refractivity contribution >= 4 is 29.5 Å². The zero-order valence-corrected chi connectivity index (χ0v) is 21.2. The molecule has 0 aliphatic heterocycles. The zero-order valence-electron chi connectivity index (χ0n) is 21.2. The maximum Gasteiger partial charge on any atom is 0.349 e. The van der Waals surface area contributed by atoms with Gasteiger partial charge >= 0.3 is 17.9 Å². The van der Waals surface area contributed by atoms with Crippen LogP contribution in [0, 0.1) is 13.8 Å². The van der Waals surface area contributed by atoms with Crippen molar-refractivity contribution in [3.05, 3.63) is 89.0 Å². The maximum atomic E-state index is 13.4. The molecule has 3 aromatic carbocycles. The molecule has 0 fully saturated rings. The van der Waals surface area contributed by atoms with Gasteiger partial charge in [0.1, 0.15) is 11.5 Å². The number of ether oxygens (including phenoxy) is 4. The van der Waals surface area contributed by atoms with E-state index in [2.05, 4.69) is 5.32 Å². The normalized spacial score (nSPS) is 12.0. The summed E-state index contributed by atoms with van der Waals surface area (Å²) >= 11 is 0. The second kappa shape index (κ2) is 12.4. The lowest BCUT2D eigenvalue weighted by atomic mass is 10.1. The van der Waals surface area contributed by atoms with Crippen LogP contribution < -0.4 is 14.8 Å². The molecule has 2 N–H and O–H groups in total. The van der Waals surface area contributed by atoms with Gasteiger partial charge in [0.25, 0.3) is 5.91 Å². The fraction of sp³-hybridized carbons (Fsp3) is 0.214. The number of anilines is 1. The summed E-state index contributed by atoms with van der Waals surface area (Å²) in [5.74, 6) is -4.16. The lowest BCUT2D eigenvalue weighted by Gasteiger charge is -2.24. The van der Waals surface area contributed by atoms with E-state index < -0.39 is 36.0 Å². The number of nitrogens with one attached hydrogen (secondary N) is 1. The number of rotatable bonds is 10. The minimum absolute atomic E-state index is 0.0559. The van der Waals surface area contributed by atoms with Crippen molar-refractivity contribution in [3.63, 3.8) is 0 Å². The number of aliphatic carboxylic acids is 1. The van der Waals surface area contributed by atoms with E-state index in [0.717, 1.165) is 11.1 Å². The Morgan fingerprint density at radius 3 is 1.66 bits per heavy atom. The molecule has 0 aliphatic rings. The number of carbonyl (C=O) groups excluding carboxylic acids is 3. The van der Waals surface area contributed by atoms with Crippen molar-refractivity contribution in [2.45, 2.75) is 26.1 Å². The predicted octanol–water partition coefficient (Wildman–Crippen LogP) is 3.79. The van der Waals surface area contributed by atoms with E-state index >= 15 is 0 Å². The van der Waals surface area contributed by atoms with E-state index in [0.29, 0.717) is 5.75 Å². The van der Waals surface area contributed by atoms with Crippen LogP contribution in [0.5, 0.6) is 11.5 Å². The minimum atomic E-state index is -2.17. The van der Waals surface area contributed by atoms with Crippen LogP contribution in [0.1, 0.15) is 31.8 Å². The number of carboxylic acids is 1. The third-order valence-corrected chi connectivity index (χ3v) is 5.48. The molecule has 0 aliphatic carbocycles. The van der Waals surface area contributed by atoms with Crippen LogP contribution in [0.15, 0.2) is 66.7 Å². The number of benzene rings is 3. The molecular weight excluding hydrogens is 494 g/mol. The molecule has 3 aromatic rings. The van der Waals surface area contributed by atoms with Gasteiger partial charge in [-0.3, -0.25) is 4.79 Å². The smallest absolute Gasteiger partial charge is 0.349 e. The highest BCUT2D eigenvalue weighted by Crippen LogP contribution is 2.29. The summed E-state index contributed by atoms with van der Waals surface area (Å²) in [5, 5.41) is 12.4. The van der Waals surface area contributed by atoms with Crippen molar-refractivity contribution in [2.24, 2.45) is 0 Å². The fourth-order valence-electron chi connectivity index (χ4n) is 3.36. The molecule has 10 nitrogen and oxygen atoms in total. The van der Waals surface area contributed by atoms with Gasteiger partial charge in [0.2, 0.25) is 12.2 Å². The maximum absolute atomic E-state index is 13.4. The number of hydrogen-bond acceptors (Lipinski definition) is 8. The molecule has 1 amide bonds. The molecule has 0 saturated heterocycles. The monoisotopic (exact) mass is 521 g/mol. The van der Waals surface area contributed by atoms with Gasteiger partial charge in [-0.2, -0.15) is 0 Å². The fourth-order valence-corrected chi connectivity index (χ4v) is 3.36. The number of aryl methyl sites for hydroxylation is 2. The molecule has 38 heavy (non-hydrogen) atoms. The van der Waals surface area contributed by atoms with Crippen LogP contribution in [0.2, 0.25) is 0 Å². The van der Waals surface area contributed by atoms with Gasteiger partial charge in [-0.25, -0.2) is 14.4 Å². The lowest BCUT2D eigenvalue weighted by Crippen LogP contribution is -2.48. The van der Waals surface area contributed by atoms with E-state index in [-0.39, 0.29) is 22.6 Å². The Bertz CT molecular complexity index is 1320. The summed E-state index contributed by atoms with van der Waals surface area (Å²) in [7, 11) is 2.79. The Balaban J connectivity index is 1.96. The Morgan fingerprint density at radius 2 is 1.21 bits per heavy atom. The highest BCUT2D eigenvalue weighted by Gasteiger charge is 2.41. The molecule has 0 spiro atoms. The van der Waals surface area contributed by atoms with Crippen molar-refractivity contribution in [2.75, 3.05) is 19.5 Å². The van der Waals surface area contributed by atoms with Crippen LogP contribution in [-0.2, 0) is 19.1 Å². The van der Waals surface area contributed by atoms with Crippen LogP contribution in [0.4, 0.5) is 5.69 Å². The summed E-state index contributed by atoms with van der Waals surface area (Å²) in [6, 6.07) is 17.0. The van der Waals surface area contributed by atoms with Crippen LogP contribution >= 0.6 is 0 Å². The molecule has 0 aromatic heterocycles. The van der Waals surface area contributed by atoms with Crippen molar-refractivity contribution in [3.8, 4) is 11.5 Å². The molecule has 0 bridgehead atoms. The highest BCUT2D eigenvalue weighted by molar-refractivity contribution is 6.02. The molecule has 0 unspecified atom stereocenters. The quantitative estimate of drug-likeness (QED) is 0.382. The lowest BCUT2D eigenvalue weighted by molar-refractivity contribution is -0.157. The number of hydrogen-bond donors (Lipinski definition) is 2. The van der Waals surface area contributed by atoms with Crippen molar-refractivity contribution in [1.82, 2.24) is 0 Å². The van der Waals surface area contributed by atoms with Crippen LogP contribution in [-0.4, -0.2) is 55.3 Å². The topological polar surface area (TPSA) is 137 Å². The van der Waals surface area contributed by atoms with Gasteiger partial charge in [0.05, 0.1) is 31.0 Å². The average molecular weight is 522 g/mol. The minimum Gasteiger partial charge on any atom is -0.497 e. The van der Waals surface area contributed by atoms with Gasteiger partial charge in [0, 0.05) is 6.07 Å². The molecule has 0 heterocycles. The largest absolute Gasteiger partial charge is 0.497 e. The SMILES string of the molecule is COc1ccc(OC)c(NC(=O)[C@@H](OC(=O)c2ccc(C)cc2)[C@@H](OC(=O)c2ccc(C)cc2)C(=O)O)c1. The van der Waals surface area contributed by atoms with Gasteiger partial charge in [-0.15, -0.1) is 0 Å². The summed E-state index contributed by atoms with van der Waals surface area (Å²) < 4.78 is 20.9. The van der Waals surface area contributed by atoms with Crippen LogP contribution in [0.3, 0.4) is 0 Å². The molecule has 2 atom stereocenters. The third kappa shape index (κ3) is 6.88. The summed E-state index contributed by atoms with van der Waals surface area (Å²) in [6.45, 7) is 3.63. The average Bonchev–Trinajstić information content (AvgIpc) is 2.90. The van der Waals surface area contributed by atoms with E-state index in [1.807, 2.05) is 13.8 Å². The number of esters is 2. The Morgan fingerprint density at radius 1 is 0.711 bits per heavy atom. The highest BCUT2D eigenvalue weighted by atomic mass is 16.6. The Kier molecular flexibility index (Phi) is 9.04. The first-order chi connectivity index (χ1) is 18.1. The first-order valence-corrected chi connectivity index (χ1v) is 11.4. The summed E-state index contributed by atoms with van der Waals surface area (Å²) in [6.07, 6.45) is -4.23. The standard InChI is InChI=1S/C28H27NO9/c1-16-5-9-18(10-6-16)27(33)37-23(25(30)29-21-15-20(35-3)13-14-22(21)36-4)24(26(31)32)38-28(34)19-11-7-17(2)8-12-19/h5-15,23-24H,1-4H3,(H,29,30)(H,31,32)/t23-,24+/m0/s1. The third-order valence-electron chi connectivity index (χ3n) is 5.48. The van der Waals surface area contributed by atoms with Crippen molar-refractivity contribution in [1.29, 1.82) is 0 Å². The second-order valence-electron chi connectivity index (χ2n) is 8.28. The molecule has 0 saturated carbocycles. The van der Waals surface area contributed by atoms with Gasteiger partial charge < -0.3 is 29.4 Å². The zero-order chi connectivity index (χ0) is 27.8. The number of methoxy groups -OCH3 is 2. The van der Waals surface area contributed by atoms with E-state index in [4.69, 9.17) is 18.9 Å². The number of amides is 1. The predicted molar refractivity (Wildman–Crippen MR) is 137 cm³/mol. The first-order valence-electron chi connectivity index (χ1n) is 11.4. The molecule has 0 radical (unpaired) electrons. The molecular formula is C28H27NO9. The summed E-state index contributed by atoms with van der Waals surface area (Å²) in [4.78, 5) is 51.2. The van der Waals surface area contributed by atoms with Crippen LogP contribution in [0.25, 0.3) is 0 Å². The number of carbonyl (C=O) groups is 4. The molecule has 3 rings (SSSR count). The van der Waals surface area contributed by atoms with Gasteiger partial charge in [-0.1, -0.05) is 35.4 Å². The van der Waals surface area contributed by atoms with Crippen molar-refractivity contribution < 1.29 is 43.2 Å². The molecule has 198 valence electrons. The van der Waals surface area contributed by atoms with E-state index in [1.54, 1.807) is 30.3 Å². The van der Waals surface area contributed by atoms with Gasteiger partial charge in [-0.05, 0) is 50.2 Å². The Labute approximate surface area is 219 Å².